The van der Waals surface area contributed by atoms with Gasteiger partial charge in [-0.1, -0.05) is 11.6 Å². The first-order valence-electron chi connectivity index (χ1n) is 7.83. The maximum absolute atomic E-state index is 6.00. The molecule has 0 radical (unpaired) electrons. The number of aryl methyl sites for hydroxylation is 1. The fourth-order valence-electron chi connectivity index (χ4n) is 2.90. The Balaban J connectivity index is 1.71. The number of anilines is 2. The quantitative estimate of drug-likeness (QED) is 0.838. The van der Waals surface area contributed by atoms with E-state index in [1.165, 1.54) is 0 Å². The van der Waals surface area contributed by atoms with Gasteiger partial charge in [-0.3, -0.25) is 0 Å². The fraction of sp³-hybridized carbons (Fsp3) is 0.412. The van der Waals surface area contributed by atoms with Crippen LogP contribution in [0.3, 0.4) is 0 Å². The van der Waals surface area contributed by atoms with Gasteiger partial charge in [-0.25, -0.2) is 9.97 Å². The lowest BCUT2D eigenvalue weighted by molar-refractivity contribution is 0.394. The molecule has 0 aliphatic carbocycles. The van der Waals surface area contributed by atoms with Gasteiger partial charge in [0.05, 0.1) is 14.2 Å². The summed E-state index contributed by atoms with van der Waals surface area (Å²) in [5.74, 6) is 3.01. The van der Waals surface area contributed by atoms with Gasteiger partial charge < -0.3 is 19.7 Å². The summed E-state index contributed by atoms with van der Waals surface area (Å²) < 4.78 is 10.7. The molecular formula is C17H21ClN4O2. The van der Waals surface area contributed by atoms with Crippen molar-refractivity contribution in [2.24, 2.45) is 0 Å². The highest BCUT2D eigenvalue weighted by Crippen LogP contribution is 2.31. The van der Waals surface area contributed by atoms with Crippen LogP contribution in [0.1, 0.15) is 12.2 Å². The lowest BCUT2D eigenvalue weighted by atomic mass is 10.2. The minimum atomic E-state index is 0.299. The minimum Gasteiger partial charge on any atom is -0.497 e. The molecule has 3 rings (SSSR count). The average molecular weight is 349 g/mol. The van der Waals surface area contributed by atoms with Crippen molar-refractivity contribution in [2.75, 3.05) is 37.5 Å². The molecule has 1 aromatic heterocycles. The molecule has 1 aliphatic rings. The summed E-state index contributed by atoms with van der Waals surface area (Å²) in [5, 5.41) is 3.90. The summed E-state index contributed by atoms with van der Waals surface area (Å²) in [6.45, 7) is 3.66. The van der Waals surface area contributed by atoms with E-state index in [1.54, 1.807) is 20.3 Å². The van der Waals surface area contributed by atoms with E-state index in [2.05, 4.69) is 20.2 Å². The van der Waals surface area contributed by atoms with Crippen LogP contribution in [0.4, 0.5) is 11.5 Å². The normalized spacial score (nSPS) is 17.0. The van der Waals surface area contributed by atoms with Gasteiger partial charge in [0.25, 0.3) is 0 Å². The van der Waals surface area contributed by atoms with E-state index in [0.717, 1.165) is 42.5 Å². The first-order chi connectivity index (χ1) is 11.6. The van der Waals surface area contributed by atoms with Gasteiger partial charge in [-0.2, -0.15) is 0 Å². The van der Waals surface area contributed by atoms with Crippen LogP contribution in [0.2, 0.25) is 5.15 Å². The van der Waals surface area contributed by atoms with Gasteiger partial charge in [0, 0.05) is 49.1 Å². The Bertz CT molecular complexity index is 683. The smallest absolute Gasteiger partial charge is 0.134 e. The summed E-state index contributed by atoms with van der Waals surface area (Å²) in [7, 11) is 3.32. The second-order valence-electron chi connectivity index (χ2n) is 5.77. The number of halogens is 1. The predicted octanol–water partition coefficient (Wildman–Crippen LogP) is 3.15. The van der Waals surface area contributed by atoms with Crippen molar-refractivity contribution < 1.29 is 9.47 Å². The van der Waals surface area contributed by atoms with Gasteiger partial charge in [0.15, 0.2) is 0 Å². The second-order valence-corrected chi connectivity index (χ2v) is 6.16. The van der Waals surface area contributed by atoms with Gasteiger partial charge in [-0.05, 0) is 13.3 Å². The van der Waals surface area contributed by atoms with E-state index in [9.17, 15) is 0 Å². The fourth-order valence-corrected chi connectivity index (χ4v) is 3.13. The van der Waals surface area contributed by atoms with Crippen LogP contribution >= 0.6 is 11.6 Å². The van der Waals surface area contributed by atoms with Gasteiger partial charge in [-0.15, -0.1) is 0 Å². The molecule has 2 aromatic rings. The molecule has 24 heavy (non-hydrogen) atoms. The highest BCUT2D eigenvalue weighted by Gasteiger charge is 2.24. The predicted molar refractivity (Wildman–Crippen MR) is 95.6 cm³/mol. The van der Waals surface area contributed by atoms with E-state index in [1.807, 2.05) is 25.1 Å². The van der Waals surface area contributed by atoms with E-state index in [0.29, 0.717) is 17.0 Å². The molecule has 1 saturated heterocycles. The van der Waals surface area contributed by atoms with E-state index in [-0.39, 0.29) is 0 Å². The van der Waals surface area contributed by atoms with Crippen LogP contribution < -0.4 is 19.7 Å². The highest BCUT2D eigenvalue weighted by molar-refractivity contribution is 6.29. The SMILES string of the molecule is COc1cc(OC)cc(N2CCC(Nc3cc(Cl)nc(C)n3)C2)c1. The molecule has 1 atom stereocenters. The van der Waals surface area contributed by atoms with Crippen molar-refractivity contribution in [3.63, 3.8) is 0 Å². The van der Waals surface area contributed by atoms with E-state index in [4.69, 9.17) is 21.1 Å². The van der Waals surface area contributed by atoms with Crippen LogP contribution in [0.25, 0.3) is 0 Å². The molecule has 2 heterocycles. The maximum atomic E-state index is 6.00. The number of nitrogens with zero attached hydrogens (tertiary/aromatic N) is 3. The largest absolute Gasteiger partial charge is 0.497 e. The zero-order chi connectivity index (χ0) is 17.1. The second kappa shape index (κ2) is 7.13. The zero-order valence-corrected chi connectivity index (χ0v) is 14.8. The molecule has 7 heteroatoms. The standard InChI is InChI=1S/C17H21ClN4O2/c1-11-19-16(18)9-17(20-11)21-12-4-5-22(10-12)13-6-14(23-2)8-15(7-13)24-3/h6-9,12H,4-5,10H2,1-3H3,(H,19,20,21). The summed E-state index contributed by atoms with van der Waals surface area (Å²) in [6, 6.07) is 7.98. The van der Waals surface area contributed by atoms with Crippen molar-refractivity contribution in [3.05, 3.63) is 35.2 Å². The number of hydrogen-bond acceptors (Lipinski definition) is 6. The van der Waals surface area contributed by atoms with Crippen molar-refractivity contribution in [1.29, 1.82) is 0 Å². The van der Waals surface area contributed by atoms with Gasteiger partial charge >= 0.3 is 0 Å². The Morgan fingerprint density at radius 2 is 1.83 bits per heavy atom. The molecule has 1 fully saturated rings. The first-order valence-corrected chi connectivity index (χ1v) is 8.21. The molecule has 1 N–H and O–H groups in total. The van der Waals surface area contributed by atoms with Crippen molar-refractivity contribution in [2.45, 2.75) is 19.4 Å². The highest BCUT2D eigenvalue weighted by atomic mass is 35.5. The Labute approximate surface area is 146 Å². The third-order valence-electron chi connectivity index (χ3n) is 4.05. The lowest BCUT2D eigenvalue weighted by Crippen LogP contribution is -2.26. The molecule has 0 saturated carbocycles. The third kappa shape index (κ3) is 3.82. The third-order valence-corrected chi connectivity index (χ3v) is 4.24. The van der Waals surface area contributed by atoms with Crippen LogP contribution in [0, 0.1) is 6.92 Å². The van der Waals surface area contributed by atoms with Crippen LogP contribution in [-0.2, 0) is 0 Å². The Morgan fingerprint density at radius 1 is 1.12 bits per heavy atom. The molecule has 0 bridgehead atoms. The van der Waals surface area contributed by atoms with Crippen LogP contribution in [0.15, 0.2) is 24.3 Å². The molecule has 1 aromatic carbocycles. The molecule has 1 aliphatic heterocycles. The van der Waals surface area contributed by atoms with Crippen LogP contribution in [-0.4, -0.2) is 43.3 Å². The number of ether oxygens (including phenoxy) is 2. The molecule has 128 valence electrons. The summed E-state index contributed by atoms with van der Waals surface area (Å²) >= 11 is 6.00. The van der Waals surface area contributed by atoms with Crippen molar-refractivity contribution in [3.8, 4) is 11.5 Å². The average Bonchev–Trinajstić information content (AvgIpc) is 3.01. The zero-order valence-electron chi connectivity index (χ0n) is 14.0. The summed E-state index contributed by atoms with van der Waals surface area (Å²) in [4.78, 5) is 10.8. The lowest BCUT2D eigenvalue weighted by Gasteiger charge is -2.21. The molecule has 1 unspecified atom stereocenters. The summed E-state index contributed by atoms with van der Waals surface area (Å²) in [6.07, 6.45) is 1.01. The minimum absolute atomic E-state index is 0.299. The van der Waals surface area contributed by atoms with Gasteiger partial charge in [0.2, 0.25) is 0 Å². The number of methoxy groups -OCH3 is 2. The topological polar surface area (TPSA) is 59.5 Å². The maximum Gasteiger partial charge on any atom is 0.134 e. The molecule has 6 nitrogen and oxygen atoms in total. The van der Waals surface area contributed by atoms with Crippen LogP contribution in [0.5, 0.6) is 11.5 Å². The van der Waals surface area contributed by atoms with Crippen molar-refractivity contribution in [1.82, 2.24) is 9.97 Å². The van der Waals surface area contributed by atoms with E-state index < -0.39 is 0 Å². The van der Waals surface area contributed by atoms with Gasteiger partial charge in [0.1, 0.15) is 28.3 Å². The number of nitrogens with one attached hydrogen (secondary N) is 1. The number of rotatable bonds is 5. The molecular weight excluding hydrogens is 328 g/mol. The Kier molecular flexibility index (Phi) is 4.94. The van der Waals surface area contributed by atoms with Crippen molar-refractivity contribution >= 4 is 23.1 Å². The summed E-state index contributed by atoms with van der Waals surface area (Å²) in [5.41, 5.74) is 1.09. The van der Waals surface area contributed by atoms with E-state index >= 15 is 0 Å². The Morgan fingerprint density at radius 3 is 2.46 bits per heavy atom. The first kappa shape index (κ1) is 16.6. The number of aromatic nitrogens is 2. The number of hydrogen-bond donors (Lipinski definition) is 1. The number of benzene rings is 1. The molecule has 0 amide bonds. The monoisotopic (exact) mass is 348 g/mol. The molecule has 0 spiro atoms. The Hall–Kier alpha value is -2.21.